The summed E-state index contributed by atoms with van der Waals surface area (Å²) in [6.07, 6.45) is 10.7. The van der Waals surface area contributed by atoms with Crippen molar-refractivity contribution < 1.29 is 14.3 Å². The van der Waals surface area contributed by atoms with Crippen molar-refractivity contribution in [3.05, 3.63) is 68.9 Å². The molecular formula is C31H42N2O3S. The lowest BCUT2D eigenvalue weighted by Crippen LogP contribution is -2.57. The van der Waals surface area contributed by atoms with Crippen LogP contribution in [-0.4, -0.2) is 55.1 Å². The lowest BCUT2D eigenvalue weighted by atomic mass is 9.75. The van der Waals surface area contributed by atoms with Crippen molar-refractivity contribution in [2.75, 3.05) is 33.9 Å². The monoisotopic (exact) mass is 522 g/mol. The largest absolute Gasteiger partial charge is 0.497 e. The molecule has 1 unspecified atom stereocenters. The number of aryl methyl sites for hydroxylation is 1. The van der Waals surface area contributed by atoms with E-state index in [9.17, 15) is 4.79 Å². The minimum Gasteiger partial charge on any atom is -0.497 e. The van der Waals surface area contributed by atoms with Gasteiger partial charge in [0, 0.05) is 60.4 Å². The summed E-state index contributed by atoms with van der Waals surface area (Å²) in [7, 11) is 3.42. The first-order valence-corrected chi connectivity index (χ1v) is 14.4. The molecule has 4 rings (SSSR count). The number of fused-ring (bicyclic) bond motifs is 1. The van der Waals surface area contributed by atoms with E-state index < -0.39 is 0 Å². The Hall–Kier alpha value is -2.57. The molecule has 2 aliphatic rings. The second-order valence-electron chi connectivity index (χ2n) is 10.2. The summed E-state index contributed by atoms with van der Waals surface area (Å²) in [6, 6.07) is 8.63. The Morgan fingerprint density at radius 3 is 2.46 bits per heavy atom. The van der Waals surface area contributed by atoms with E-state index in [-0.39, 0.29) is 17.4 Å². The fourth-order valence-corrected chi connectivity index (χ4v) is 7.20. The number of carbonyl (C=O) groups is 1. The van der Waals surface area contributed by atoms with Crippen LogP contribution in [-0.2, 0) is 24.2 Å². The Bertz CT molecular complexity index is 1160. The third-order valence-corrected chi connectivity index (χ3v) is 9.27. The van der Waals surface area contributed by atoms with Gasteiger partial charge in [-0.2, -0.15) is 0 Å². The molecule has 200 valence electrons. The van der Waals surface area contributed by atoms with Gasteiger partial charge in [0.15, 0.2) is 0 Å². The van der Waals surface area contributed by atoms with Gasteiger partial charge in [-0.25, -0.2) is 0 Å². The fraction of sp³-hybridized carbons (Fsp3) is 0.516. The predicted molar refractivity (Wildman–Crippen MR) is 153 cm³/mol. The molecule has 0 saturated carbocycles. The van der Waals surface area contributed by atoms with Crippen LogP contribution in [0.5, 0.6) is 11.5 Å². The molecular weight excluding hydrogens is 480 g/mol. The number of thiophene rings is 1. The molecule has 1 aromatic carbocycles. The van der Waals surface area contributed by atoms with Gasteiger partial charge in [-0.05, 0) is 61.9 Å². The molecule has 0 bridgehead atoms. The van der Waals surface area contributed by atoms with Gasteiger partial charge in [0.25, 0.3) is 0 Å². The first-order chi connectivity index (χ1) is 17.8. The van der Waals surface area contributed by atoms with Gasteiger partial charge in [0.2, 0.25) is 5.91 Å². The second kappa shape index (κ2) is 11.9. The maximum atomic E-state index is 13.0. The Labute approximate surface area is 226 Å². The number of piperidine rings is 1. The molecule has 2 aromatic rings. The normalized spacial score (nSPS) is 19.4. The number of amides is 1. The summed E-state index contributed by atoms with van der Waals surface area (Å²) in [5.41, 5.74) is 3.38. The van der Waals surface area contributed by atoms with E-state index in [2.05, 4.69) is 67.0 Å². The van der Waals surface area contributed by atoms with Gasteiger partial charge in [-0.15, -0.1) is 11.3 Å². The number of allylic oxidation sites excluding steroid dienone is 2. The number of methoxy groups -OCH3 is 2. The highest BCUT2D eigenvalue weighted by atomic mass is 32.1. The first-order valence-electron chi connectivity index (χ1n) is 13.6. The minimum atomic E-state index is -0.302. The number of hydrogen-bond acceptors (Lipinski definition) is 5. The van der Waals surface area contributed by atoms with Crippen LogP contribution in [0.4, 0.5) is 0 Å². The predicted octanol–water partition coefficient (Wildman–Crippen LogP) is 6.37. The van der Waals surface area contributed by atoms with E-state index in [0.717, 1.165) is 56.8 Å². The number of carbonyl (C=O) groups excluding carboxylic acids is 1. The molecule has 1 atom stereocenters. The van der Waals surface area contributed by atoms with Crippen molar-refractivity contribution in [2.24, 2.45) is 0 Å². The van der Waals surface area contributed by atoms with Gasteiger partial charge >= 0.3 is 0 Å². The van der Waals surface area contributed by atoms with Crippen LogP contribution in [0.15, 0.2) is 48.1 Å². The van der Waals surface area contributed by atoms with Gasteiger partial charge in [-0.1, -0.05) is 32.1 Å². The van der Waals surface area contributed by atoms with Crippen molar-refractivity contribution in [1.29, 1.82) is 0 Å². The van der Waals surface area contributed by atoms with E-state index in [1.807, 2.05) is 17.4 Å². The molecule has 6 heteroatoms. The quantitative estimate of drug-likeness (QED) is 0.404. The van der Waals surface area contributed by atoms with Gasteiger partial charge in [0.05, 0.1) is 19.8 Å². The van der Waals surface area contributed by atoms with Crippen LogP contribution in [0, 0.1) is 0 Å². The van der Waals surface area contributed by atoms with Crippen molar-refractivity contribution in [3.8, 4) is 11.5 Å². The zero-order valence-electron chi connectivity index (χ0n) is 23.3. The molecule has 2 heterocycles. The third kappa shape index (κ3) is 5.65. The average Bonchev–Trinajstić information content (AvgIpc) is 3.35. The number of likely N-dealkylation sites (N-methyl/N-ethyl adjacent to an activating group) is 1. The van der Waals surface area contributed by atoms with E-state index >= 15 is 0 Å². The Morgan fingerprint density at radius 2 is 1.86 bits per heavy atom. The highest BCUT2D eigenvalue weighted by Crippen LogP contribution is 2.42. The maximum absolute atomic E-state index is 13.0. The number of benzene rings is 1. The third-order valence-electron chi connectivity index (χ3n) is 8.06. The summed E-state index contributed by atoms with van der Waals surface area (Å²) in [5, 5.41) is 0. The van der Waals surface area contributed by atoms with Crippen molar-refractivity contribution in [3.63, 3.8) is 0 Å². The highest BCUT2D eigenvalue weighted by molar-refractivity contribution is 7.11. The van der Waals surface area contributed by atoms with Crippen LogP contribution >= 0.6 is 11.3 Å². The summed E-state index contributed by atoms with van der Waals surface area (Å²) in [4.78, 5) is 20.5. The Morgan fingerprint density at radius 1 is 1.14 bits per heavy atom. The summed E-state index contributed by atoms with van der Waals surface area (Å²) in [6.45, 7) is 11.9. The van der Waals surface area contributed by atoms with Crippen LogP contribution in [0.2, 0.25) is 0 Å². The standard InChI is InChI=1S/C31H42N2O3S/c1-7-27-12-13-28(37-27)21-32-16-14-31(15-17-32,33(8-2)23(4)34)25-11-9-10-24-19-26(35-5)20-29(36-6)30(24)22(3)18-25/h9,11-13,18-20,22H,7-8,10,14-17,21H2,1-6H3. The minimum absolute atomic E-state index is 0.147. The maximum Gasteiger partial charge on any atom is 0.220 e. The van der Waals surface area contributed by atoms with E-state index in [1.165, 1.54) is 26.5 Å². The van der Waals surface area contributed by atoms with E-state index in [1.54, 1.807) is 21.1 Å². The van der Waals surface area contributed by atoms with Gasteiger partial charge in [0.1, 0.15) is 11.5 Å². The molecule has 1 aromatic heterocycles. The van der Waals surface area contributed by atoms with Gasteiger partial charge in [-0.3, -0.25) is 9.69 Å². The lowest BCUT2D eigenvalue weighted by molar-refractivity contribution is -0.135. The van der Waals surface area contributed by atoms with Crippen molar-refractivity contribution in [1.82, 2.24) is 9.80 Å². The smallest absolute Gasteiger partial charge is 0.220 e. The topological polar surface area (TPSA) is 42.0 Å². The molecule has 5 nitrogen and oxygen atoms in total. The second-order valence-corrected chi connectivity index (χ2v) is 11.5. The number of rotatable bonds is 8. The van der Waals surface area contributed by atoms with E-state index in [0.29, 0.717) is 6.54 Å². The molecule has 0 radical (unpaired) electrons. The van der Waals surface area contributed by atoms with Gasteiger partial charge < -0.3 is 14.4 Å². The van der Waals surface area contributed by atoms with Crippen LogP contribution < -0.4 is 9.47 Å². The molecule has 1 aliphatic carbocycles. The average molecular weight is 523 g/mol. The first kappa shape index (κ1) is 27.5. The van der Waals surface area contributed by atoms with Crippen LogP contribution in [0.1, 0.15) is 67.3 Å². The number of nitrogens with zero attached hydrogens (tertiary/aromatic N) is 2. The van der Waals surface area contributed by atoms with Crippen molar-refractivity contribution >= 4 is 17.2 Å². The van der Waals surface area contributed by atoms with Crippen molar-refractivity contribution in [2.45, 2.75) is 71.4 Å². The SMILES string of the molecule is CCc1ccc(CN2CCC(C3=CC(C)c4c(cc(OC)cc4OC)CC=C3)(N(CC)C(C)=O)CC2)s1. The Balaban J connectivity index is 1.67. The number of likely N-dealkylation sites (tertiary alicyclic amines) is 1. The van der Waals surface area contributed by atoms with E-state index in [4.69, 9.17) is 9.47 Å². The zero-order chi connectivity index (χ0) is 26.6. The molecule has 1 aliphatic heterocycles. The molecule has 1 saturated heterocycles. The molecule has 0 N–H and O–H groups in total. The molecule has 1 amide bonds. The lowest BCUT2D eigenvalue weighted by Gasteiger charge is -2.50. The number of ether oxygens (including phenoxy) is 2. The Kier molecular flexibility index (Phi) is 8.81. The zero-order valence-corrected chi connectivity index (χ0v) is 24.1. The fourth-order valence-electron chi connectivity index (χ4n) is 6.20. The molecule has 0 spiro atoms. The van der Waals surface area contributed by atoms with Crippen LogP contribution in [0.25, 0.3) is 0 Å². The molecule has 1 fully saturated rings. The number of hydrogen-bond donors (Lipinski definition) is 0. The summed E-state index contributed by atoms with van der Waals surface area (Å²) in [5.74, 6) is 1.97. The highest BCUT2D eigenvalue weighted by Gasteiger charge is 2.43. The van der Waals surface area contributed by atoms with Crippen LogP contribution in [0.3, 0.4) is 0 Å². The molecule has 37 heavy (non-hydrogen) atoms. The summed E-state index contributed by atoms with van der Waals surface area (Å²) >= 11 is 1.93. The summed E-state index contributed by atoms with van der Waals surface area (Å²) < 4.78 is 11.3.